The Morgan fingerprint density at radius 3 is 2.93 bits per heavy atom. The van der Waals surface area contributed by atoms with Crippen molar-refractivity contribution in [2.24, 2.45) is 4.99 Å². The first-order valence-electron chi connectivity index (χ1n) is 3.76. The first-order valence-corrected chi connectivity index (χ1v) is 4.14. The van der Waals surface area contributed by atoms with Crippen LogP contribution in [0.5, 0.6) is 0 Å². The molecule has 0 spiro atoms. The number of nitrogens with zero attached hydrogens (tertiary/aromatic N) is 5. The fourth-order valence-electron chi connectivity index (χ4n) is 0.701. The summed E-state index contributed by atoms with van der Waals surface area (Å²) < 4.78 is 0. The van der Waals surface area contributed by atoms with Crippen molar-refractivity contribution in [1.29, 1.82) is 5.26 Å². The monoisotopic (exact) mass is 209 g/mol. The Morgan fingerprint density at radius 1 is 1.64 bits per heavy atom. The lowest BCUT2D eigenvalue weighted by Crippen LogP contribution is -2.07. The molecule has 0 saturated carbocycles. The molecule has 0 fully saturated rings. The molecule has 5 nitrogen and oxygen atoms in total. The first-order chi connectivity index (χ1) is 6.63. The predicted octanol–water partition coefficient (Wildman–Crippen LogP) is 1.22. The van der Waals surface area contributed by atoms with Gasteiger partial charge in [0.25, 0.3) is 0 Å². The number of nitriles is 1. The molecule has 0 aliphatic carbocycles. The molecule has 0 bridgehead atoms. The van der Waals surface area contributed by atoms with Gasteiger partial charge < -0.3 is 4.90 Å². The van der Waals surface area contributed by atoms with E-state index >= 15 is 0 Å². The van der Waals surface area contributed by atoms with Crippen LogP contribution in [0.2, 0.25) is 5.15 Å². The Bertz CT molecular complexity index is 393. The van der Waals surface area contributed by atoms with E-state index in [4.69, 9.17) is 16.9 Å². The summed E-state index contributed by atoms with van der Waals surface area (Å²) in [5.41, 5.74) is 0.121. The largest absolute Gasteiger partial charge is 0.369 e. The summed E-state index contributed by atoms with van der Waals surface area (Å²) in [5.74, 6) is 0.269. The van der Waals surface area contributed by atoms with E-state index < -0.39 is 0 Å². The third kappa shape index (κ3) is 2.68. The topological polar surface area (TPSA) is 65.2 Å². The van der Waals surface area contributed by atoms with E-state index in [1.54, 1.807) is 11.2 Å². The molecule has 0 unspecified atom stereocenters. The maximum atomic E-state index is 8.71. The second-order valence-electron chi connectivity index (χ2n) is 2.68. The molecule has 0 aromatic carbocycles. The quantitative estimate of drug-likeness (QED) is 0.543. The minimum atomic E-state index is 0.121. The third-order valence-electron chi connectivity index (χ3n) is 1.24. The Hall–Kier alpha value is -1.67. The van der Waals surface area contributed by atoms with Crippen LogP contribution in [-0.2, 0) is 0 Å². The predicted molar refractivity (Wildman–Crippen MR) is 53.6 cm³/mol. The van der Waals surface area contributed by atoms with Crippen LogP contribution in [0.1, 0.15) is 5.69 Å². The van der Waals surface area contributed by atoms with Crippen molar-refractivity contribution in [1.82, 2.24) is 14.9 Å². The maximum Gasteiger partial charge on any atom is 0.190 e. The van der Waals surface area contributed by atoms with Crippen LogP contribution in [-0.4, -0.2) is 35.3 Å². The minimum absolute atomic E-state index is 0.121. The van der Waals surface area contributed by atoms with Crippen molar-refractivity contribution in [2.45, 2.75) is 0 Å². The van der Waals surface area contributed by atoms with Crippen molar-refractivity contribution in [2.75, 3.05) is 14.1 Å². The number of hydrogen-bond acceptors (Lipinski definition) is 4. The molecule has 0 aliphatic heterocycles. The van der Waals surface area contributed by atoms with Crippen molar-refractivity contribution in [3.8, 4) is 6.07 Å². The lowest BCUT2D eigenvalue weighted by atomic mass is 10.4. The van der Waals surface area contributed by atoms with Crippen LogP contribution < -0.4 is 0 Å². The van der Waals surface area contributed by atoms with Gasteiger partial charge in [0.1, 0.15) is 11.2 Å². The van der Waals surface area contributed by atoms with E-state index in [-0.39, 0.29) is 16.7 Å². The van der Waals surface area contributed by atoms with E-state index in [9.17, 15) is 0 Å². The molecule has 0 N–H and O–H groups in total. The van der Waals surface area contributed by atoms with Crippen molar-refractivity contribution in [3.05, 3.63) is 17.0 Å². The highest BCUT2D eigenvalue weighted by Crippen LogP contribution is 2.14. The van der Waals surface area contributed by atoms with Crippen molar-refractivity contribution >= 4 is 23.8 Å². The third-order valence-corrected chi connectivity index (χ3v) is 1.42. The highest BCUT2D eigenvalue weighted by Gasteiger charge is 2.03. The SMILES string of the molecule is CN(C)/C=N/c1ncc(Cl)nc1C#N. The Kier molecular flexibility index (Phi) is 3.37. The maximum absolute atomic E-state index is 8.71. The van der Waals surface area contributed by atoms with Gasteiger partial charge in [0, 0.05) is 14.1 Å². The molecule has 6 heteroatoms. The van der Waals surface area contributed by atoms with Gasteiger partial charge in [-0.1, -0.05) is 11.6 Å². The number of rotatable bonds is 2. The van der Waals surface area contributed by atoms with Crippen LogP contribution in [0.25, 0.3) is 0 Å². The fraction of sp³-hybridized carbons (Fsp3) is 0.250. The lowest BCUT2D eigenvalue weighted by molar-refractivity contribution is 0.643. The smallest absolute Gasteiger partial charge is 0.190 e. The van der Waals surface area contributed by atoms with Crippen LogP contribution in [0.3, 0.4) is 0 Å². The molecule has 0 saturated heterocycles. The van der Waals surface area contributed by atoms with E-state index in [1.165, 1.54) is 6.20 Å². The summed E-state index contributed by atoms with van der Waals surface area (Å²) in [7, 11) is 3.64. The highest BCUT2D eigenvalue weighted by molar-refractivity contribution is 6.29. The lowest BCUT2D eigenvalue weighted by Gasteiger charge is -2.02. The highest BCUT2D eigenvalue weighted by atomic mass is 35.5. The van der Waals surface area contributed by atoms with Gasteiger partial charge in [0.2, 0.25) is 0 Å². The zero-order valence-corrected chi connectivity index (χ0v) is 8.52. The molecule has 1 aromatic heterocycles. The Balaban J connectivity index is 3.04. The van der Waals surface area contributed by atoms with Gasteiger partial charge in [-0.15, -0.1) is 0 Å². The summed E-state index contributed by atoms with van der Waals surface area (Å²) in [6, 6.07) is 1.87. The van der Waals surface area contributed by atoms with Crippen LogP contribution in [0, 0.1) is 11.3 Å². The minimum Gasteiger partial charge on any atom is -0.369 e. The molecular formula is C8H8ClN5. The van der Waals surface area contributed by atoms with E-state index in [0.29, 0.717) is 0 Å². The van der Waals surface area contributed by atoms with Crippen LogP contribution in [0.4, 0.5) is 5.82 Å². The molecule has 1 heterocycles. The summed E-state index contributed by atoms with van der Waals surface area (Å²) in [6.07, 6.45) is 2.89. The molecule has 72 valence electrons. The van der Waals surface area contributed by atoms with Gasteiger partial charge in [-0.3, -0.25) is 0 Å². The van der Waals surface area contributed by atoms with Gasteiger partial charge in [-0.25, -0.2) is 15.0 Å². The van der Waals surface area contributed by atoms with Crippen molar-refractivity contribution < 1.29 is 0 Å². The van der Waals surface area contributed by atoms with Gasteiger partial charge in [-0.2, -0.15) is 5.26 Å². The van der Waals surface area contributed by atoms with Gasteiger partial charge in [-0.05, 0) is 0 Å². The average Bonchev–Trinajstić information content (AvgIpc) is 2.15. The molecule has 1 rings (SSSR count). The molecule has 0 atom stereocenters. The second-order valence-corrected chi connectivity index (χ2v) is 3.07. The summed E-state index contributed by atoms with van der Waals surface area (Å²) in [5, 5.41) is 8.89. The zero-order valence-electron chi connectivity index (χ0n) is 7.77. The van der Waals surface area contributed by atoms with E-state index in [0.717, 1.165) is 0 Å². The Morgan fingerprint density at radius 2 is 2.36 bits per heavy atom. The van der Waals surface area contributed by atoms with Crippen LogP contribution >= 0.6 is 11.6 Å². The first kappa shape index (κ1) is 10.4. The van der Waals surface area contributed by atoms with E-state index in [1.807, 2.05) is 20.2 Å². The van der Waals surface area contributed by atoms with Gasteiger partial charge >= 0.3 is 0 Å². The fourth-order valence-corrected chi connectivity index (χ4v) is 0.834. The average molecular weight is 210 g/mol. The molecule has 14 heavy (non-hydrogen) atoms. The molecule has 0 amide bonds. The van der Waals surface area contributed by atoms with Gasteiger partial charge in [0.15, 0.2) is 11.5 Å². The zero-order chi connectivity index (χ0) is 10.6. The Labute approximate surface area is 86.7 Å². The van der Waals surface area contributed by atoms with E-state index in [2.05, 4.69) is 15.0 Å². The van der Waals surface area contributed by atoms with Crippen molar-refractivity contribution in [3.63, 3.8) is 0 Å². The molecular weight excluding hydrogens is 202 g/mol. The molecule has 0 aliphatic rings. The standard InChI is InChI=1S/C8H8ClN5/c1-14(2)5-12-8-6(3-10)13-7(9)4-11-8/h4-5H,1-2H3/b12-5+. The number of aliphatic imine (C=N–C) groups is 1. The summed E-state index contributed by atoms with van der Waals surface area (Å²) >= 11 is 5.57. The number of aromatic nitrogens is 2. The summed E-state index contributed by atoms with van der Waals surface area (Å²) in [4.78, 5) is 13.4. The second kappa shape index (κ2) is 4.53. The van der Waals surface area contributed by atoms with Crippen LogP contribution in [0.15, 0.2) is 11.2 Å². The molecule has 1 aromatic rings. The summed E-state index contributed by atoms with van der Waals surface area (Å²) in [6.45, 7) is 0. The van der Waals surface area contributed by atoms with Gasteiger partial charge in [0.05, 0.1) is 12.5 Å². The molecule has 0 radical (unpaired) electrons. The number of halogens is 1. The number of hydrogen-bond donors (Lipinski definition) is 0. The normalized spacial score (nSPS) is 10.1.